The van der Waals surface area contributed by atoms with Crippen LogP contribution in [0.25, 0.3) is 0 Å². The van der Waals surface area contributed by atoms with Gasteiger partial charge >= 0.3 is 0 Å². The molecule has 0 bridgehead atoms. The average Bonchev–Trinajstić information content (AvgIpc) is 2.01. The van der Waals surface area contributed by atoms with Crippen molar-refractivity contribution in [3.63, 3.8) is 0 Å². The maximum Gasteiger partial charge on any atom is 0.222 e. The predicted molar refractivity (Wildman–Crippen MR) is 45.5 cm³/mol. The quantitative estimate of drug-likeness (QED) is 0.358. The molecule has 0 aliphatic heterocycles. The molecule has 0 saturated heterocycles. The molecule has 0 radical (unpaired) electrons. The topological polar surface area (TPSA) is 35.5 Å². The number of carbonyl (C=O) groups excluding carboxylic acids is 1. The number of hydrogen-bond donors (Lipinski definition) is 0. The van der Waals surface area contributed by atoms with Crippen LogP contribution < -0.4 is 0 Å². The molecule has 0 saturated carbocycles. The maximum absolute atomic E-state index is 10.5. The van der Waals surface area contributed by atoms with Gasteiger partial charge in [-0.25, -0.2) is 0 Å². The molecule has 0 aliphatic carbocycles. The largest absolute Gasteiger partial charge is 0.342 e. The van der Waals surface area contributed by atoms with E-state index in [1.165, 1.54) is 6.92 Å². The minimum Gasteiger partial charge on any atom is -0.342 e. The Morgan fingerprint density at radius 1 is 1.33 bits per heavy atom. The highest BCUT2D eigenvalue weighted by molar-refractivity contribution is 5.93. The summed E-state index contributed by atoms with van der Waals surface area (Å²) >= 11 is 0. The van der Waals surface area contributed by atoms with Crippen LogP contribution in [0.4, 0.5) is 0 Å². The highest BCUT2D eigenvalue weighted by Crippen LogP contribution is 1.92. The monoisotopic (exact) mass is 170 g/mol. The molecule has 0 atom stereocenters. The first-order valence-corrected chi connectivity index (χ1v) is 3.96. The molecule has 68 valence electrons. The second-order valence-electron chi connectivity index (χ2n) is 2.07. The van der Waals surface area contributed by atoms with E-state index in [1.807, 2.05) is 13.8 Å². The maximum atomic E-state index is 10.5. The SMILES string of the molecule is CCOC(C#CC(C)=O)OCC. The van der Waals surface area contributed by atoms with E-state index in [2.05, 4.69) is 11.8 Å². The van der Waals surface area contributed by atoms with Crippen molar-refractivity contribution in [2.24, 2.45) is 0 Å². The standard InChI is InChI=1S/C9H14O3/c1-4-11-9(12-5-2)7-6-8(3)10/h9H,4-5H2,1-3H3. The summed E-state index contributed by atoms with van der Waals surface area (Å²) in [5, 5.41) is 0. The van der Waals surface area contributed by atoms with Crippen molar-refractivity contribution in [1.82, 2.24) is 0 Å². The van der Waals surface area contributed by atoms with E-state index in [-0.39, 0.29) is 5.78 Å². The Morgan fingerprint density at radius 3 is 2.17 bits per heavy atom. The summed E-state index contributed by atoms with van der Waals surface area (Å²) in [4.78, 5) is 10.5. The van der Waals surface area contributed by atoms with Crippen molar-refractivity contribution < 1.29 is 14.3 Å². The third kappa shape index (κ3) is 5.90. The molecule has 0 N–H and O–H groups in total. The number of ketones is 1. The fourth-order valence-electron chi connectivity index (χ4n) is 0.595. The second-order valence-corrected chi connectivity index (χ2v) is 2.07. The molecule has 0 spiro atoms. The Hall–Kier alpha value is -0.850. The number of carbonyl (C=O) groups is 1. The minimum absolute atomic E-state index is 0.181. The summed E-state index contributed by atoms with van der Waals surface area (Å²) in [6.45, 7) is 6.15. The van der Waals surface area contributed by atoms with E-state index in [0.717, 1.165) is 0 Å². The molecule has 0 fully saturated rings. The number of ether oxygens (including phenoxy) is 2. The molecule has 0 aromatic heterocycles. The molecule has 0 heterocycles. The van der Waals surface area contributed by atoms with Gasteiger partial charge in [0.25, 0.3) is 0 Å². The van der Waals surface area contributed by atoms with Gasteiger partial charge in [0.2, 0.25) is 12.1 Å². The van der Waals surface area contributed by atoms with Gasteiger partial charge < -0.3 is 9.47 Å². The van der Waals surface area contributed by atoms with Gasteiger partial charge in [0, 0.05) is 20.1 Å². The van der Waals surface area contributed by atoms with E-state index in [4.69, 9.17) is 9.47 Å². The van der Waals surface area contributed by atoms with Crippen LogP contribution in [0.2, 0.25) is 0 Å². The second kappa shape index (κ2) is 6.84. The van der Waals surface area contributed by atoms with Gasteiger partial charge in [-0.3, -0.25) is 4.79 Å². The zero-order valence-electron chi connectivity index (χ0n) is 7.72. The first-order chi connectivity index (χ1) is 5.70. The molecule has 0 rings (SSSR count). The van der Waals surface area contributed by atoms with E-state index in [1.54, 1.807) is 0 Å². The first-order valence-electron chi connectivity index (χ1n) is 3.96. The fraction of sp³-hybridized carbons (Fsp3) is 0.667. The van der Waals surface area contributed by atoms with E-state index < -0.39 is 6.29 Å². The third-order valence-corrected chi connectivity index (χ3v) is 1.00. The van der Waals surface area contributed by atoms with E-state index >= 15 is 0 Å². The summed E-state index contributed by atoms with van der Waals surface area (Å²) in [7, 11) is 0. The summed E-state index contributed by atoms with van der Waals surface area (Å²) in [6, 6.07) is 0. The average molecular weight is 170 g/mol. The van der Waals surface area contributed by atoms with Crippen molar-refractivity contribution in [2.45, 2.75) is 27.1 Å². The molecule has 0 aliphatic rings. The lowest BCUT2D eigenvalue weighted by molar-refractivity contribution is -0.112. The summed E-state index contributed by atoms with van der Waals surface area (Å²) in [5.41, 5.74) is 0. The van der Waals surface area contributed by atoms with Crippen molar-refractivity contribution >= 4 is 5.78 Å². The zero-order chi connectivity index (χ0) is 9.40. The summed E-state index contributed by atoms with van der Waals surface area (Å²) in [5.74, 6) is 4.77. The van der Waals surface area contributed by atoms with Gasteiger partial charge in [0.1, 0.15) is 0 Å². The van der Waals surface area contributed by atoms with Crippen LogP contribution in [0.15, 0.2) is 0 Å². The lowest BCUT2D eigenvalue weighted by atomic mass is 10.4. The number of Topliss-reactive ketones (excluding diaryl/α,β-unsaturated/α-hetero) is 1. The Labute approximate surface area is 73.0 Å². The number of rotatable bonds is 4. The summed E-state index contributed by atoms with van der Waals surface area (Å²) < 4.78 is 10.2. The van der Waals surface area contributed by atoms with E-state index in [9.17, 15) is 4.79 Å². The van der Waals surface area contributed by atoms with Crippen molar-refractivity contribution in [3.05, 3.63) is 0 Å². The molecule has 0 aromatic carbocycles. The fourth-order valence-corrected chi connectivity index (χ4v) is 0.595. The van der Waals surface area contributed by atoms with Crippen LogP contribution in [-0.4, -0.2) is 25.3 Å². The molecule has 3 heteroatoms. The van der Waals surface area contributed by atoms with Crippen LogP contribution in [0, 0.1) is 11.8 Å². The van der Waals surface area contributed by atoms with Gasteiger partial charge in [-0.05, 0) is 25.7 Å². The molecule has 0 aromatic rings. The van der Waals surface area contributed by atoms with Crippen LogP contribution in [0.3, 0.4) is 0 Å². The number of hydrogen-bond acceptors (Lipinski definition) is 3. The Morgan fingerprint density at radius 2 is 1.83 bits per heavy atom. The first kappa shape index (κ1) is 11.2. The lowest BCUT2D eigenvalue weighted by Crippen LogP contribution is -2.15. The summed E-state index contributed by atoms with van der Waals surface area (Å²) in [6.07, 6.45) is -0.566. The van der Waals surface area contributed by atoms with E-state index in [0.29, 0.717) is 13.2 Å². The molecule has 0 amide bonds. The predicted octanol–water partition coefficient (Wildman–Crippen LogP) is 0.978. The van der Waals surface area contributed by atoms with Gasteiger partial charge in [-0.1, -0.05) is 0 Å². The third-order valence-electron chi connectivity index (χ3n) is 1.00. The van der Waals surface area contributed by atoms with Gasteiger partial charge in [-0.15, -0.1) is 0 Å². The van der Waals surface area contributed by atoms with Gasteiger partial charge in [0.05, 0.1) is 0 Å². The molecule has 3 nitrogen and oxygen atoms in total. The van der Waals surface area contributed by atoms with Crippen molar-refractivity contribution in [3.8, 4) is 11.8 Å². The van der Waals surface area contributed by atoms with Crippen molar-refractivity contribution in [2.75, 3.05) is 13.2 Å². The molecule has 12 heavy (non-hydrogen) atoms. The van der Waals surface area contributed by atoms with Gasteiger partial charge in [0.15, 0.2) is 0 Å². The lowest BCUT2D eigenvalue weighted by Gasteiger charge is -2.09. The smallest absolute Gasteiger partial charge is 0.222 e. The Balaban J connectivity index is 3.95. The molecule has 0 unspecified atom stereocenters. The molecular weight excluding hydrogens is 156 g/mol. The molecular formula is C9H14O3. The Kier molecular flexibility index (Phi) is 6.35. The van der Waals surface area contributed by atoms with Crippen LogP contribution >= 0.6 is 0 Å². The van der Waals surface area contributed by atoms with Crippen LogP contribution in [0.5, 0.6) is 0 Å². The van der Waals surface area contributed by atoms with Crippen LogP contribution in [-0.2, 0) is 14.3 Å². The van der Waals surface area contributed by atoms with Gasteiger partial charge in [-0.2, -0.15) is 0 Å². The van der Waals surface area contributed by atoms with Crippen LogP contribution in [0.1, 0.15) is 20.8 Å². The minimum atomic E-state index is -0.566. The zero-order valence-corrected chi connectivity index (χ0v) is 7.72. The highest BCUT2D eigenvalue weighted by Gasteiger charge is 2.01. The normalized spacial score (nSPS) is 9.33. The Bertz CT molecular complexity index is 182. The highest BCUT2D eigenvalue weighted by atomic mass is 16.7. The van der Waals surface area contributed by atoms with Crippen molar-refractivity contribution in [1.29, 1.82) is 0 Å².